The van der Waals surface area contributed by atoms with E-state index in [1.54, 1.807) is 0 Å². The van der Waals surface area contributed by atoms with E-state index in [1.807, 2.05) is 60.7 Å². The summed E-state index contributed by atoms with van der Waals surface area (Å²) in [5.41, 5.74) is 3.86. The Kier molecular flexibility index (Phi) is 5.22. The molecule has 0 aliphatic carbocycles. The highest BCUT2D eigenvalue weighted by atomic mass is 32.1. The average molecular weight is 351 g/mol. The zero-order chi connectivity index (χ0) is 17.5. The standard InChI is InChI=1S/C17H13N5O2S/c23-14(15(24)20-18-11-12-7-3-1-4-8-12)19-17-22-21-16(25-17)13-9-5-2-6-10-13/h1-11H,(H,20,24)(H,19,22,23)/b18-11-. The summed E-state index contributed by atoms with van der Waals surface area (Å²) >= 11 is 1.18. The van der Waals surface area contributed by atoms with Crippen molar-refractivity contribution in [1.29, 1.82) is 0 Å². The number of rotatable bonds is 4. The van der Waals surface area contributed by atoms with Gasteiger partial charge < -0.3 is 0 Å². The van der Waals surface area contributed by atoms with E-state index in [4.69, 9.17) is 0 Å². The van der Waals surface area contributed by atoms with Crippen LogP contribution in [0.5, 0.6) is 0 Å². The summed E-state index contributed by atoms with van der Waals surface area (Å²) in [6.45, 7) is 0. The Balaban J connectivity index is 1.56. The first-order valence-electron chi connectivity index (χ1n) is 7.31. The highest BCUT2D eigenvalue weighted by molar-refractivity contribution is 7.18. The lowest BCUT2D eigenvalue weighted by atomic mass is 10.2. The quantitative estimate of drug-likeness (QED) is 0.428. The Labute approximate surface area is 147 Å². The van der Waals surface area contributed by atoms with Gasteiger partial charge in [-0.2, -0.15) is 5.10 Å². The van der Waals surface area contributed by atoms with Gasteiger partial charge in [0.05, 0.1) is 6.21 Å². The van der Waals surface area contributed by atoms with Crippen LogP contribution >= 0.6 is 11.3 Å². The second kappa shape index (κ2) is 7.93. The van der Waals surface area contributed by atoms with E-state index in [0.29, 0.717) is 5.01 Å². The van der Waals surface area contributed by atoms with E-state index in [1.165, 1.54) is 17.6 Å². The summed E-state index contributed by atoms with van der Waals surface area (Å²) in [5.74, 6) is -1.75. The van der Waals surface area contributed by atoms with Crippen molar-refractivity contribution < 1.29 is 9.59 Å². The summed E-state index contributed by atoms with van der Waals surface area (Å²) in [6.07, 6.45) is 1.45. The molecule has 2 N–H and O–H groups in total. The molecule has 25 heavy (non-hydrogen) atoms. The van der Waals surface area contributed by atoms with Crippen LogP contribution < -0.4 is 10.7 Å². The van der Waals surface area contributed by atoms with Gasteiger partial charge in [0.2, 0.25) is 5.13 Å². The molecular formula is C17H13N5O2S. The third-order valence-corrected chi connectivity index (χ3v) is 3.94. The fourth-order valence-corrected chi connectivity index (χ4v) is 2.62. The van der Waals surface area contributed by atoms with Gasteiger partial charge in [-0.25, -0.2) is 5.43 Å². The van der Waals surface area contributed by atoms with Crippen LogP contribution in [0.1, 0.15) is 5.56 Å². The van der Waals surface area contributed by atoms with Crippen LogP contribution in [0, 0.1) is 0 Å². The van der Waals surface area contributed by atoms with Crippen molar-refractivity contribution in [1.82, 2.24) is 15.6 Å². The van der Waals surface area contributed by atoms with Crippen molar-refractivity contribution in [3.05, 3.63) is 66.2 Å². The lowest BCUT2D eigenvalue weighted by molar-refractivity contribution is -0.136. The van der Waals surface area contributed by atoms with Gasteiger partial charge in [-0.1, -0.05) is 72.0 Å². The topological polar surface area (TPSA) is 96.3 Å². The fourth-order valence-electron chi connectivity index (χ4n) is 1.88. The zero-order valence-electron chi connectivity index (χ0n) is 12.9. The predicted octanol–water partition coefficient (Wildman–Crippen LogP) is 2.29. The van der Waals surface area contributed by atoms with Crippen molar-refractivity contribution in [2.45, 2.75) is 0 Å². The number of nitrogens with one attached hydrogen (secondary N) is 2. The van der Waals surface area contributed by atoms with Crippen LogP contribution in [0.4, 0.5) is 5.13 Å². The van der Waals surface area contributed by atoms with Crippen LogP contribution in [0.3, 0.4) is 0 Å². The molecule has 3 aromatic rings. The van der Waals surface area contributed by atoms with Crippen molar-refractivity contribution in [2.75, 3.05) is 5.32 Å². The molecule has 8 heteroatoms. The second-order valence-electron chi connectivity index (χ2n) is 4.84. The third-order valence-electron chi connectivity index (χ3n) is 3.05. The minimum Gasteiger partial charge on any atom is -0.292 e. The number of anilines is 1. The van der Waals surface area contributed by atoms with Crippen LogP contribution in [0.15, 0.2) is 65.8 Å². The van der Waals surface area contributed by atoms with Gasteiger partial charge in [-0.05, 0) is 5.56 Å². The molecule has 124 valence electrons. The number of hydrogen-bond acceptors (Lipinski definition) is 6. The molecule has 1 aromatic heterocycles. The van der Waals surface area contributed by atoms with Crippen LogP contribution in [0.25, 0.3) is 10.6 Å². The van der Waals surface area contributed by atoms with Gasteiger partial charge in [-0.15, -0.1) is 10.2 Å². The van der Waals surface area contributed by atoms with E-state index >= 15 is 0 Å². The number of hydrogen-bond donors (Lipinski definition) is 2. The summed E-state index contributed by atoms with van der Waals surface area (Å²) in [5, 5.41) is 14.9. The van der Waals surface area contributed by atoms with Gasteiger partial charge in [0.1, 0.15) is 5.01 Å². The van der Waals surface area contributed by atoms with Gasteiger partial charge in [0, 0.05) is 5.56 Å². The Hall–Kier alpha value is -3.39. The summed E-state index contributed by atoms with van der Waals surface area (Å²) < 4.78 is 0. The smallest absolute Gasteiger partial charge is 0.292 e. The molecule has 0 aliphatic rings. The molecule has 2 amide bonds. The van der Waals surface area contributed by atoms with E-state index in [0.717, 1.165) is 11.1 Å². The fraction of sp³-hybridized carbons (Fsp3) is 0. The number of aromatic nitrogens is 2. The SMILES string of the molecule is O=C(N/N=C\c1ccccc1)C(=O)Nc1nnc(-c2ccccc2)s1. The van der Waals surface area contributed by atoms with Crippen molar-refractivity contribution in [3.8, 4) is 10.6 Å². The molecule has 3 rings (SSSR count). The first-order valence-corrected chi connectivity index (χ1v) is 8.12. The molecule has 0 radical (unpaired) electrons. The molecule has 0 unspecified atom stereocenters. The second-order valence-corrected chi connectivity index (χ2v) is 5.82. The van der Waals surface area contributed by atoms with E-state index in [-0.39, 0.29) is 5.13 Å². The number of amides is 2. The van der Waals surface area contributed by atoms with E-state index in [9.17, 15) is 9.59 Å². The molecule has 1 heterocycles. The van der Waals surface area contributed by atoms with Gasteiger partial charge in [0.25, 0.3) is 0 Å². The first-order chi connectivity index (χ1) is 12.2. The Bertz CT molecular complexity index is 894. The minimum absolute atomic E-state index is 0.242. The Morgan fingerprint density at radius 2 is 1.60 bits per heavy atom. The Morgan fingerprint density at radius 3 is 2.32 bits per heavy atom. The molecule has 0 fully saturated rings. The highest BCUT2D eigenvalue weighted by Gasteiger charge is 2.16. The first kappa shape index (κ1) is 16.5. The molecular weight excluding hydrogens is 338 g/mol. The molecule has 2 aromatic carbocycles. The van der Waals surface area contributed by atoms with Crippen molar-refractivity contribution in [3.63, 3.8) is 0 Å². The van der Waals surface area contributed by atoms with Gasteiger partial charge in [0.15, 0.2) is 0 Å². The molecule has 0 aliphatic heterocycles. The minimum atomic E-state index is -0.886. The summed E-state index contributed by atoms with van der Waals surface area (Å²) in [4.78, 5) is 23.6. The summed E-state index contributed by atoms with van der Waals surface area (Å²) in [6, 6.07) is 18.6. The number of nitrogens with zero attached hydrogens (tertiary/aromatic N) is 3. The maximum atomic E-state index is 11.8. The molecule has 0 bridgehead atoms. The molecule has 0 atom stereocenters. The van der Waals surface area contributed by atoms with Crippen molar-refractivity contribution in [2.24, 2.45) is 5.10 Å². The number of carbonyl (C=O) groups excluding carboxylic acids is 2. The molecule has 0 saturated carbocycles. The van der Waals surface area contributed by atoms with E-state index < -0.39 is 11.8 Å². The van der Waals surface area contributed by atoms with Crippen LogP contribution in [0.2, 0.25) is 0 Å². The lowest BCUT2D eigenvalue weighted by Crippen LogP contribution is -2.32. The monoisotopic (exact) mass is 351 g/mol. The summed E-state index contributed by atoms with van der Waals surface area (Å²) in [7, 11) is 0. The average Bonchev–Trinajstić information content (AvgIpc) is 3.12. The zero-order valence-corrected chi connectivity index (χ0v) is 13.7. The molecule has 0 spiro atoms. The predicted molar refractivity (Wildman–Crippen MR) is 96.2 cm³/mol. The van der Waals surface area contributed by atoms with Gasteiger partial charge in [-0.3, -0.25) is 14.9 Å². The number of benzene rings is 2. The maximum Gasteiger partial charge on any atom is 0.329 e. The van der Waals surface area contributed by atoms with Crippen molar-refractivity contribution >= 4 is 34.5 Å². The molecule has 0 saturated heterocycles. The highest BCUT2D eigenvalue weighted by Crippen LogP contribution is 2.25. The van der Waals surface area contributed by atoms with Crippen LogP contribution in [-0.2, 0) is 9.59 Å². The third kappa shape index (κ3) is 4.55. The van der Waals surface area contributed by atoms with E-state index in [2.05, 4.69) is 26.0 Å². The normalized spacial score (nSPS) is 10.6. The maximum absolute atomic E-state index is 11.8. The lowest BCUT2D eigenvalue weighted by Gasteiger charge is -1.99. The number of carbonyl (C=O) groups is 2. The van der Waals surface area contributed by atoms with Crippen LogP contribution in [-0.4, -0.2) is 28.2 Å². The molecule has 7 nitrogen and oxygen atoms in total. The van der Waals surface area contributed by atoms with Gasteiger partial charge >= 0.3 is 11.8 Å². The Morgan fingerprint density at radius 1 is 0.920 bits per heavy atom. The number of hydrazone groups is 1. The largest absolute Gasteiger partial charge is 0.329 e.